The molecule has 3 heterocycles. The zero-order chi connectivity index (χ0) is 16.5. The average molecular weight is 326 g/mol. The van der Waals surface area contributed by atoms with E-state index in [-0.39, 0.29) is 5.91 Å². The highest BCUT2D eigenvalue weighted by Gasteiger charge is 2.31. The quantitative estimate of drug-likeness (QED) is 0.926. The number of anilines is 1. The van der Waals surface area contributed by atoms with E-state index >= 15 is 0 Å². The number of hydrogen-bond donors (Lipinski definition) is 1. The normalized spacial score (nSPS) is 18.6. The van der Waals surface area contributed by atoms with E-state index in [1.54, 1.807) is 19.3 Å². The molecule has 2 aliphatic rings. The third kappa shape index (κ3) is 2.74. The van der Waals surface area contributed by atoms with Gasteiger partial charge in [-0.1, -0.05) is 0 Å². The molecule has 126 valence electrons. The number of aromatic nitrogens is 4. The molecular weight excluding hydrogens is 304 g/mol. The first-order valence-electron chi connectivity index (χ1n) is 8.59. The van der Waals surface area contributed by atoms with Crippen LogP contribution in [0.15, 0.2) is 24.7 Å². The first-order valence-corrected chi connectivity index (χ1v) is 8.59. The fourth-order valence-electron chi connectivity index (χ4n) is 3.49. The third-order valence-electron chi connectivity index (χ3n) is 4.96. The molecule has 1 aliphatic heterocycles. The van der Waals surface area contributed by atoms with E-state index in [1.807, 2.05) is 12.4 Å². The van der Waals surface area contributed by atoms with Gasteiger partial charge >= 0.3 is 0 Å². The number of amides is 1. The predicted octanol–water partition coefficient (Wildman–Crippen LogP) is 1.75. The van der Waals surface area contributed by atoms with Gasteiger partial charge in [0.1, 0.15) is 18.0 Å². The first-order chi connectivity index (χ1) is 11.8. The third-order valence-corrected chi connectivity index (χ3v) is 4.96. The lowest BCUT2D eigenvalue weighted by atomic mass is 9.95. The van der Waals surface area contributed by atoms with Gasteiger partial charge in [0.25, 0.3) is 5.91 Å². The Morgan fingerprint density at radius 2 is 2.04 bits per heavy atom. The number of piperidine rings is 1. The zero-order valence-corrected chi connectivity index (χ0v) is 13.9. The molecule has 1 saturated heterocycles. The molecule has 0 aromatic carbocycles. The fourth-order valence-corrected chi connectivity index (χ4v) is 3.49. The van der Waals surface area contributed by atoms with E-state index in [0.29, 0.717) is 17.5 Å². The summed E-state index contributed by atoms with van der Waals surface area (Å²) in [6.45, 7) is 1.76. The fraction of sp³-hybridized carbons (Fsp3) is 0.529. The van der Waals surface area contributed by atoms with Crippen LogP contribution in [0, 0.1) is 0 Å². The van der Waals surface area contributed by atoms with Crippen molar-refractivity contribution in [1.82, 2.24) is 25.1 Å². The number of nitrogens with zero attached hydrogens (tertiary/aromatic N) is 5. The second kappa shape index (κ2) is 6.22. The lowest BCUT2D eigenvalue weighted by Gasteiger charge is -2.33. The molecule has 2 aromatic heterocycles. The van der Waals surface area contributed by atoms with Crippen molar-refractivity contribution in [1.29, 1.82) is 0 Å². The summed E-state index contributed by atoms with van der Waals surface area (Å²) in [5, 5.41) is 11.2. The van der Waals surface area contributed by atoms with Gasteiger partial charge < -0.3 is 14.8 Å². The molecule has 1 N–H and O–H groups in total. The number of rotatable bonds is 4. The molecule has 4 rings (SSSR count). The van der Waals surface area contributed by atoms with Crippen molar-refractivity contribution in [2.75, 3.05) is 25.0 Å². The maximum absolute atomic E-state index is 12.1. The molecule has 24 heavy (non-hydrogen) atoms. The average Bonchev–Trinajstić information content (AvgIpc) is 3.38. The Bertz CT molecular complexity index is 730. The number of carbonyl (C=O) groups is 1. The molecule has 7 nitrogen and oxygen atoms in total. The van der Waals surface area contributed by atoms with Gasteiger partial charge in [0.05, 0.1) is 5.56 Å². The van der Waals surface area contributed by atoms with Crippen molar-refractivity contribution in [2.45, 2.75) is 37.6 Å². The van der Waals surface area contributed by atoms with Crippen molar-refractivity contribution in [3.05, 3.63) is 36.0 Å². The van der Waals surface area contributed by atoms with Gasteiger partial charge in [-0.3, -0.25) is 4.79 Å². The Morgan fingerprint density at radius 1 is 1.25 bits per heavy atom. The Morgan fingerprint density at radius 3 is 2.75 bits per heavy atom. The zero-order valence-electron chi connectivity index (χ0n) is 13.9. The SMILES string of the molecule is CNC(=O)c1cccnc1N1CCC(c2nncn2C2CC2)CC1. The van der Waals surface area contributed by atoms with Crippen molar-refractivity contribution in [3.8, 4) is 0 Å². The summed E-state index contributed by atoms with van der Waals surface area (Å²) in [6.07, 6.45) is 8.13. The van der Waals surface area contributed by atoms with E-state index in [1.165, 1.54) is 12.8 Å². The van der Waals surface area contributed by atoms with Crippen LogP contribution in [0.5, 0.6) is 0 Å². The van der Waals surface area contributed by atoms with Gasteiger partial charge in [-0.2, -0.15) is 0 Å². The molecule has 0 bridgehead atoms. The van der Waals surface area contributed by atoms with Gasteiger partial charge in [-0.25, -0.2) is 4.98 Å². The Hall–Kier alpha value is -2.44. The van der Waals surface area contributed by atoms with Crippen molar-refractivity contribution < 1.29 is 4.79 Å². The van der Waals surface area contributed by atoms with Crippen LogP contribution in [-0.2, 0) is 0 Å². The highest BCUT2D eigenvalue weighted by Crippen LogP contribution is 2.38. The number of nitrogens with one attached hydrogen (secondary N) is 1. The summed E-state index contributed by atoms with van der Waals surface area (Å²) in [5.74, 6) is 2.26. The summed E-state index contributed by atoms with van der Waals surface area (Å²) < 4.78 is 2.26. The van der Waals surface area contributed by atoms with Crippen molar-refractivity contribution in [3.63, 3.8) is 0 Å². The molecule has 1 aliphatic carbocycles. The van der Waals surface area contributed by atoms with Crippen LogP contribution < -0.4 is 10.2 Å². The molecule has 0 unspecified atom stereocenters. The van der Waals surface area contributed by atoms with Crippen molar-refractivity contribution >= 4 is 11.7 Å². The lowest BCUT2D eigenvalue weighted by molar-refractivity contribution is 0.0963. The minimum atomic E-state index is -0.0892. The van der Waals surface area contributed by atoms with Crippen LogP contribution in [0.4, 0.5) is 5.82 Å². The Kier molecular flexibility index (Phi) is 3.92. The minimum Gasteiger partial charge on any atom is -0.356 e. The molecule has 1 amide bonds. The van der Waals surface area contributed by atoms with E-state index in [9.17, 15) is 4.79 Å². The summed E-state index contributed by atoms with van der Waals surface area (Å²) in [6, 6.07) is 4.25. The number of hydrogen-bond acceptors (Lipinski definition) is 5. The first kappa shape index (κ1) is 15.1. The van der Waals surface area contributed by atoms with Crippen LogP contribution in [0.3, 0.4) is 0 Å². The van der Waals surface area contributed by atoms with Gasteiger partial charge in [0.15, 0.2) is 0 Å². The Balaban J connectivity index is 1.49. The largest absolute Gasteiger partial charge is 0.356 e. The van der Waals surface area contributed by atoms with E-state index in [2.05, 4.69) is 30.0 Å². The summed E-state index contributed by atoms with van der Waals surface area (Å²) in [4.78, 5) is 18.7. The van der Waals surface area contributed by atoms with E-state index < -0.39 is 0 Å². The molecule has 2 fully saturated rings. The second-order valence-electron chi connectivity index (χ2n) is 6.54. The predicted molar refractivity (Wildman–Crippen MR) is 90.1 cm³/mol. The van der Waals surface area contributed by atoms with Gasteiger partial charge in [0, 0.05) is 38.3 Å². The van der Waals surface area contributed by atoms with Crippen LogP contribution in [0.2, 0.25) is 0 Å². The maximum atomic E-state index is 12.1. The molecule has 0 spiro atoms. The summed E-state index contributed by atoms with van der Waals surface area (Å²) in [5.41, 5.74) is 0.639. The van der Waals surface area contributed by atoms with Crippen LogP contribution in [0.25, 0.3) is 0 Å². The van der Waals surface area contributed by atoms with Gasteiger partial charge in [-0.05, 0) is 37.8 Å². The second-order valence-corrected chi connectivity index (χ2v) is 6.54. The monoisotopic (exact) mass is 326 g/mol. The molecule has 2 aromatic rings. The molecule has 0 radical (unpaired) electrons. The molecule has 0 atom stereocenters. The van der Waals surface area contributed by atoms with Crippen molar-refractivity contribution in [2.24, 2.45) is 0 Å². The molecular formula is C17H22N6O. The van der Waals surface area contributed by atoms with Gasteiger partial charge in [-0.15, -0.1) is 10.2 Å². The highest BCUT2D eigenvalue weighted by atomic mass is 16.1. The maximum Gasteiger partial charge on any atom is 0.254 e. The standard InChI is InChI=1S/C17H22N6O/c1-18-17(24)14-3-2-8-19-16(14)22-9-6-12(7-10-22)15-21-20-11-23(15)13-4-5-13/h2-3,8,11-13H,4-7,9-10H2,1H3,(H,18,24). The summed E-state index contributed by atoms with van der Waals surface area (Å²) >= 11 is 0. The van der Waals surface area contributed by atoms with Crippen LogP contribution in [-0.4, -0.2) is 45.8 Å². The Labute approximate surface area is 141 Å². The van der Waals surface area contributed by atoms with Gasteiger partial charge in [0.2, 0.25) is 0 Å². The number of carbonyl (C=O) groups excluding carboxylic acids is 1. The van der Waals surface area contributed by atoms with Crippen LogP contribution >= 0.6 is 0 Å². The number of pyridine rings is 1. The molecule has 1 saturated carbocycles. The van der Waals surface area contributed by atoms with E-state index in [0.717, 1.165) is 37.6 Å². The minimum absolute atomic E-state index is 0.0892. The molecule has 7 heteroatoms. The topological polar surface area (TPSA) is 75.9 Å². The van der Waals surface area contributed by atoms with E-state index in [4.69, 9.17) is 0 Å². The summed E-state index contributed by atoms with van der Waals surface area (Å²) in [7, 11) is 1.65. The highest BCUT2D eigenvalue weighted by molar-refractivity contribution is 5.98. The lowest BCUT2D eigenvalue weighted by Crippen LogP contribution is -2.36. The smallest absolute Gasteiger partial charge is 0.254 e. The van der Waals surface area contributed by atoms with Crippen LogP contribution in [0.1, 0.15) is 53.8 Å².